The molecule has 0 amide bonds. The minimum absolute atomic E-state index is 0.0463. The predicted molar refractivity (Wildman–Crippen MR) is 107 cm³/mol. The molecule has 0 aliphatic heterocycles. The Kier molecular flexibility index (Phi) is 4.20. The van der Waals surface area contributed by atoms with Crippen molar-refractivity contribution in [3.63, 3.8) is 0 Å². The van der Waals surface area contributed by atoms with Gasteiger partial charge in [-0.25, -0.2) is 17.2 Å². The molecule has 1 N–H and O–H groups in total. The van der Waals surface area contributed by atoms with E-state index in [1.54, 1.807) is 24.3 Å². The number of nitrogens with zero attached hydrogens (tertiary/aromatic N) is 2. The molecule has 0 radical (unpaired) electrons. The Hall–Kier alpha value is -3.59. The topological polar surface area (TPSA) is 108 Å². The zero-order valence-electron chi connectivity index (χ0n) is 15.5. The van der Waals surface area contributed by atoms with Gasteiger partial charge in [-0.3, -0.25) is 4.79 Å². The first-order chi connectivity index (χ1) is 13.8. The average Bonchev–Trinajstić information content (AvgIpc) is 3.16. The second-order valence-corrected chi connectivity index (χ2v) is 8.25. The lowest BCUT2D eigenvalue weighted by Gasteiger charge is -2.13. The molecule has 4 rings (SSSR count). The third-order valence-electron chi connectivity index (χ3n) is 4.85. The Labute approximate surface area is 165 Å². The monoisotopic (exact) mass is 412 g/mol. The number of carbonyl (C=O) groups is 1. The Balaban J connectivity index is 2.00. The van der Waals surface area contributed by atoms with Gasteiger partial charge in [0.2, 0.25) is 0 Å². The molecule has 148 valence electrons. The predicted octanol–water partition coefficient (Wildman–Crippen LogP) is 2.22. The minimum Gasteiger partial charge on any atom is -0.506 e. The standard InChI is InChI=1S/C20H16N2O6S/c1-21-16-8-7-13(11-14(16)18(23)17(19(21)24)20(25)28-2)29(26,27)22-10-9-12-5-3-4-6-15(12)22/h3-11,23H,1-2H3. The molecular weight excluding hydrogens is 396 g/mol. The Morgan fingerprint density at radius 1 is 1.07 bits per heavy atom. The van der Waals surface area contributed by atoms with E-state index in [1.165, 1.54) is 31.4 Å². The summed E-state index contributed by atoms with van der Waals surface area (Å²) >= 11 is 0. The molecule has 0 saturated carbocycles. The number of aryl methyl sites for hydroxylation is 1. The van der Waals surface area contributed by atoms with E-state index in [-0.39, 0.29) is 15.8 Å². The maximum atomic E-state index is 13.2. The number of methoxy groups -OCH3 is 1. The van der Waals surface area contributed by atoms with E-state index in [9.17, 15) is 23.1 Å². The summed E-state index contributed by atoms with van der Waals surface area (Å²) in [6.07, 6.45) is 1.45. The number of carbonyl (C=O) groups excluding carboxylic acids is 1. The van der Waals surface area contributed by atoms with Crippen LogP contribution in [0, 0.1) is 0 Å². The number of pyridine rings is 1. The summed E-state index contributed by atoms with van der Waals surface area (Å²) in [5.41, 5.74) is -0.513. The summed E-state index contributed by atoms with van der Waals surface area (Å²) in [5.74, 6) is -1.63. The van der Waals surface area contributed by atoms with Crippen LogP contribution in [0.2, 0.25) is 0 Å². The van der Waals surface area contributed by atoms with E-state index in [0.717, 1.165) is 21.0 Å². The summed E-state index contributed by atoms with van der Waals surface area (Å²) in [7, 11) is -1.48. The van der Waals surface area contributed by atoms with E-state index < -0.39 is 32.9 Å². The van der Waals surface area contributed by atoms with Crippen molar-refractivity contribution in [1.29, 1.82) is 0 Å². The van der Waals surface area contributed by atoms with Crippen LogP contribution in [-0.4, -0.2) is 35.1 Å². The van der Waals surface area contributed by atoms with Gasteiger partial charge in [0.05, 0.1) is 23.0 Å². The molecular formula is C20H16N2O6S. The molecule has 0 aliphatic carbocycles. The summed E-state index contributed by atoms with van der Waals surface area (Å²) in [5, 5.41) is 11.3. The molecule has 8 nitrogen and oxygen atoms in total. The lowest BCUT2D eigenvalue weighted by molar-refractivity contribution is 0.0595. The number of hydrogen-bond donors (Lipinski definition) is 1. The van der Waals surface area contributed by atoms with Crippen molar-refractivity contribution in [3.05, 3.63) is 70.6 Å². The Morgan fingerprint density at radius 3 is 2.52 bits per heavy atom. The van der Waals surface area contributed by atoms with E-state index in [4.69, 9.17) is 0 Å². The molecule has 0 spiro atoms. The maximum absolute atomic E-state index is 13.2. The quantitative estimate of drug-likeness (QED) is 0.517. The molecule has 29 heavy (non-hydrogen) atoms. The van der Waals surface area contributed by atoms with Gasteiger partial charge in [0, 0.05) is 24.0 Å². The number of rotatable bonds is 3. The van der Waals surface area contributed by atoms with Crippen LogP contribution >= 0.6 is 0 Å². The fraction of sp³-hybridized carbons (Fsp3) is 0.100. The van der Waals surface area contributed by atoms with Gasteiger partial charge in [0.25, 0.3) is 15.6 Å². The number of aromatic hydroxyl groups is 1. The van der Waals surface area contributed by atoms with Gasteiger partial charge < -0.3 is 14.4 Å². The van der Waals surface area contributed by atoms with Crippen molar-refractivity contribution >= 4 is 37.8 Å². The lowest BCUT2D eigenvalue weighted by Crippen LogP contribution is -2.25. The number of aromatic nitrogens is 2. The molecule has 2 aromatic carbocycles. The second kappa shape index (κ2) is 6.49. The molecule has 9 heteroatoms. The molecule has 0 atom stereocenters. The summed E-state index contributed by atoms with van der Waals surface area (Å²) < 4.78 is 33.3. The number of hydrogen-bond acceptors (Lipinski definition) is 6. The van der Waals surface area contributed by atoms with Crippen molar-refractivity contribution in [3.8, 4) is 5.75 Å². The molecule has 4 aromatic rings. The van der Waals surface area contributed by atoms with Crippen molar-refractivity contribution in [2.75, 3.05) is 7.11 Å². The molecule has 0 bridgehead atoms. The SMILES string of the molecule is COC(=O)c1c(O)c2cc(S(=O)(=O)n3ccc4ccccc43)ccc2n(C)c1=O. The zero-order valence-corrected chi connectivity index (χ0v) is 16.3. The summed E-state index contributed by atoms with van der Waals surface area (Å²) in [6.45, 7) is 0. The summed E-state index contributed by atoms with van der Waals surface area (Å²) in [6, 6.07) is 12.7. The van der Waals surface area contributed by atoms with Crippen molar-refractivity contribution in [2.45, 2.75) is 4.90 Å². The number of fused-ring (bicyclic) bond motifs is 2. The van der Waals surface area contributed by atoms with E-state index in [2.05, 4.69) is 4.74 Å². The highest BCUT2D eigenvalue weighted by atomic mass is 32.2. The fourth-order valence-corrected chi connectivity index (χ4v) is 4.72. The highest BCUT2D eigenvalue weighted by Gasteiger charge is 2.24. The molecule has 0 fully saturated rings. The van der Waals surface area contributed by atoms with Crippen LogP contribution in [0.4, 0.5) is 0 Å². The Morgan fingerprint density at radius 2 is 1.79 bits per heavy atom. The van der Waals surface area contributed by atoms with Gasteiger partial charge in [0.1, 0.15) is 5.75 Å². The average molecular weight is 412 g/mol. The zero-order chi connectivity index (χ0) is 20.9. The van der Waals surface area contributed by atoms with Crippen LogP contribution in [0.1, 0.15) is 10.4 Å². The number of ether oxygens (including phenoxy) is 1. The first-order valence-electron chi connectivity index (χ1n) is 8.53. The van der Waals surface area contributed by atoms with Crippen LogP contribution in [0.3, 0.4) is 0 Å². The smallest absolute Gasteiger partial charge is 0.347 e. The molecule has 2 aromatic heterocycles. The lowest BCUT2D eigenvalue weighted by atomic mass is 10.1. The largest absolute Gasteiger partial charge is 0.506 e. The van der Waals surface area contributed by atoms with Crippen LogP contribution in [-0.2, 0) is 21.8 Å². The minimum atomic E-state index is -3.99. The van der Waals surface area contributed by atoms with Crippen LogP contribution in [0.25, 0.3) is 21.8 Å². The maximum Gasteiger partial charge on any atom is 0.347 e. The molecule has 2 heterocycles. The van der Waals surface area contributed by atoms with Gasteiger partial charge in [-0.15, -0.1) is 0 Å². The van der Waals surface area contributed by atoms with Crippen molar-refractivity contribution < 1.29 is 23.1 Å². The fourth-order valence-electron chi connectivity index (χ4n) is 3.34. The van der Waals surface area contributed by atoms with Crippen molar-refractivity contribution in [2.24, 2.45) is 7.05 Å². The van der Waals surface area contributed by atoms with Crippen LogP contribution in [0.15, 0.2) is 64.4 Å². The molecule has 0 saturated heterocycles. The second-order valence-electron chi connectivity index (χ2n) is 6.43. The molecule has 0 aliphatic rings. The number of benzene rings is 2. The highest BCUT2D eigenvalue weighted by molar-refractivity contribution is 7.90. The number of para-hydroxylation sites is 1. The molecule has 0 unspecified atom stereocenters. The van der Waals surface area contributed by atoms with E-state index in [0.29, 0.717) is 5.52 Å². The van der Waals surface area contributed by atoms with Crippen LogP contribution in [0.5, 0.6) is 5.75 Å². The highest BCUT2D eigenvalue weighted by Crippen LogP contribution is 2.30. The van der Waals surface area contributed by atoms with Gasteiger partial charge >= 0.3 is 5.97 Å². The summed E-state index contributed by atoms with van der Waals surface area (Å²) in [4.78, 5) is 24.2. The normalized spacial score (nSPS) is 11.8. The van der Waals surface area contributed by atoms with Crippen LogP contribution < -0.4 is 5.56 Å². The third kappa shape index (κ3) is 2.70. The van der Waals surface area contributed by atoms with Gasteiger partial charge in [0.15, 0.2) is 5.56 Å². The Bertz CT molecular complexity index is 1460. The first-order valence-corrected chi connectivity index (χ1v) is 9.97. The van der Waals surface area contributed by atoms with Gasteiger partial charge in [-0.1, -0.05) is 18.2 Å². The van der Waals surface area contributed by atoms with Gasteiger partial charge in [-0.2, -0.15) is 0 Å². The third-order valence-corrected chi connectivity index (χ3v) is 6.54. The first kappa shape index (κ1) is 18.8. The van der Waals surface area contributed by atoms with E-state index in [1.807, 2.05) is 6.07 Å². The van der Waals surface area contributed by atoms with Crippen molar-refractivity contribution in [1.82, 2.24) is 8.54 Å². The number of esters is 1. The van der Waals surface area contributed by atoms with Gasteiger partial charge in [-0.05, 0) is 30.3 Å². The van der Waals surface area contributed by atoms with E-state index >= 15 is 0 Å².